The lowest BCUT2D eigenvalue weighted by molar-refractivity contribution is 0.0570. The van der Waals surface area contributed by atoms with Crippen LogP contribution in [-0.4, -0.2) is 67.6 Å². The van der Waals surface area contributed by atoms with Crippen molar-refractivity contribution in [3.63, 3.8) is 0 Å². The highest BCUT2D eigenvalue weighted by Gasteiger charge is 2.26. The Bertz CT molecular complexity index is 699. The Kier molecular flexibility index (Phi) is 4.71. The number of para-hydroxylation sites is 2. The zero-order valence-corrected chi connectivity index (χ0v) is 14.3. The van der Waals surface area contributed by atoms with Crippen LogP contribution in [0.3, 0.4) is 0 Å². The van der Waals surface area contributed by atoms with Gasteiger partial charge in [-0.25, -0.2) is 0 Å². The molecule has 8 nitrogen and oxygen atoms in total. The van der Waals surface area contributed by atoms with E-state index in [9.17, 15) is 0 Å². The molecular formula is C17H22N4O4. The molecule has 0 aliphatic carbocycles. The number of rotatable bonds is 5. The molecule has 3 heterocycles. The third-order valence-electron chi connectivity index (χ3n) is 4.41. The third kappa shape index (κ3) is 3.69. The van der Waals surface area contributed by atoms with Crippen LogP contribution >= 0.6 is 0 Å². The van der Waals surface area contributed by atoms with E-state index in [0.717, 1.165) is 44.2 Å². The lowest BCUT2D eigenvalue weighted by Crippen LogP contribution is -2.51. The molecule has 0 radical (unpaired) electrons. The summed E-state index contributed by atoms with van der Waals surface area (Å²) in [4.78, 5) is 8.86. The van der Waals surface area contributed by atoms with Crippen LogP contribution in [0.15, 0.2) is 28.8 Å². The van der Waals surface area contributed by atoms with Crippen molar-refractivity contribution in [1.82, 2.24) is 15.0 Å². The highest BCUT2D eigenvalue weighted by molar-refractivity contribution is 5.40. The van der Waals surface area contributed by atoms with E-state index in [1.54, 1.807) is 7.11 Å². The average molecular weight is 346 g/mol. The Morgan fingerprint density at radius 1 is 1.16 bits per heavy atom. The number of piperazine rings is 1. The van der Waals surface area contributed by atoms with E-state index in [4.69, 9.17) is 18.7 Å². The van der Waals surface area contributed by atoms with E-state index in [1.807, 2.05) is 24.3 Å². The van der Waals surface area contributed by atoms with Gasteiger partial charge in [0.15, 0.2) is 11.5 Å². The van der Waals surface area contributed by atoms with Crippen molar-refractivity contribution >= 4 is 5.95 Å². The zero-order chi connectivity index (χ0) is 17.1. The quantitative estimate of drug-likeness (QED) is 0.799. The Balaban J connectivity index is 1.28. The molecule has 2 aromatic rings. The second-order valence-electron chi connectivity index (χ2n) is 6.21. The first kappa shape index (κ1) is 16.2. The maximum Gasteiger partial charge on any atom is 0.266 e. The second-order valence-corrected chi connectivity index (χ2v) is 6.21. The van der Waals surface area contributed by atoms with E-state index < -0.39 is 0 Å². The lowest BCUT2D eigenvalue weighted by Gasteiger charge is -2.36. The summed E-state index contributed by atoms with van der Waals surface area (Å²) in [6, 6.07) is 7.81. The van der Waals surface area contributed by atoms with E-state index in [-0.39, 0.29) is 6.10 Å². The molecule has 1 fully saturated rings. The number of methoxy groups -OCH3 is 1. The van der Waals surface area contributed by atoms with Gasteiger partial charge in [0.1, 0.15) is 19.3 Å². The number of nitrogens with zero attached hydrogens (tertiary/aromatic N) is 4. The van der Waals surface area contributed by atoms with E-state index in [0.29, 0.717) is 25.1 Å². The van der Waals surface area contributed by atoms with Crippen LogP contribution in [0.25, 0.3) is 0 Å². The minimum atomic E-state index is 0.0555. The molecule has 8 heteroatoms. The first-order chi connectivity index (χ1) is 12.3. The molecule has 1 atom stereocenters. The van der Waals surface area contributed by atoms with Crippen molar-refractivity contribution in [3.8, 4) is 11.5 Å². The third-order valence-corrected chi connectivity index (χ3v) is 4.41. The van der Waals surface area contributed by atoms with Crippen molar-refractivity contribution in [2.75, 3.05) is 51.3 Å². The summed E-state index contributed by atoms with van der Waals surface area (Å²) in [7, 11) is 1.61. The molecule has 2 aliphatic heterocycles. The van der Waals surface area contributed by atoms with Crippen molar-refractivity contribution < 1.29 is 18.7 Å². The Morgan fingerprint density at radius 2 is 1.96 bits per heavy atom. The van der Waals surface area contributed by atoms with Crippen LogP contribution in [0.1, 0.15) is 5.89 Å². The number of hydrogen-bond donors (Lipinski definition) is 0. The fraction of sp³-hybridized carbons (Fsp3) is 0.529. The number of aromatic nitrogens is 2. The summed E-state index contributed by atoms with van der Waals surface area (Å²) in [5.41, 5.74) is 0. The van der Waals surface area contributed by atoms with Crippen LogP contribution in [0.4, 0.5) is 5.95 Å². The van der Waals surface area contributed by atoms with Gasteiger partial charge < -0.3 is 23.6 Å². The maximum absolute atomic E-state index is 6.04. The van der Waals surface area contributed by atoms with Crippen molar-refractivity contribution in [1.29, 1.82) is 0 Å². The summed E-state index contributed by atoms with van der Waals surface area (Å²) >= 11 is 0. The smallest absolute Gasteiger partial charge is 0.266 e. The van der Waals surface area contributed by atoms with Gasteiger partial charge in [0.2, 0.25) is 0 Å². The first-order valence-corrected chi connectivity index (χ1v) is 8.49. The fourth-order valence-electron chi connectivity index (χ4n) is 3.13. The molecule has 0 amide bonds. The summed E-state index contributed by atoms with van der Waals surface area (Å²) in [5.74, 6) is 2.80. The van der Waals surface area contributed by atoms with Crippen molar-refractivity contribution in [3.05, 3.63) is 30.2 Å². The Morgan fingerprint density at radius 3 is 2.76 bits per heavy atom. The summed E-state index contributed by atoms with van der Waals surface area (Å²) in [6.45, 7) is 5.34. The van der Waals surface area contributed by atoms with Crippen molar-refractivity contribution in [2.45, 2.75) is 12.7 Å². The molecule has 0 unspecified atom stereocenters. The minimum absolute atomic E-state index is 0.0555. The molecule has 0 spiro atoms. The lowest BCUT2D eigenvalue weighted by atomic mass is 10.2. The van der Waals surface area contributed by atoms with Gasteiger partial charge in [0, 0.05) is 39.8 Å². The fourth-order valence-corrected chi connectivity index (χ4v) is 3.13. The normalized spacial score (nSPS) is 20.7. The summed E-state index contributed by atoms with van der Waals surface area (Å²) < 4.78 is 22.0. The van der Waals surface area contributed by atoms with Gasteiger partial charge in [-0.2, -0.15) is 4.98 Å². The molecule has 1 aromatic carbocycles. The largest absolute Gasteiger partial charge is 0.486 e. The maximum atomic E-state index is 6.04. The molecule has 1 saturated heterocycles. The van der Waals surface area contributed by atoms with Crippen LogP contribution in [0, 0.1) is 0 Å². The summed E-state index contributed by atoms with van der Waals surface area (Å²) in [5, 5.41) is 4.02. The highest BCUT2D eigenvalue weighted by Crippen LogP contribution is 2.31. The SMILES string of the molecule is COCc1nc(N2CCN(C[C@H]3COc4ccccc4O3)CC2)no1. The van der Waals surface area contributed by atoms with Gasteiger partial charge in [-0.05, 0) is 17.3 Å². The van der Waals surface area contributed by atoms with Crippen molar-refractivity contribution in [2.24, 2.45) is 0 Å². The molecule has 0 bridgehead atoms. The number of fused-ring (bicyclic) bond motifs is 1. The number of anilines is 1. The molecular weight excluding hydrogens is 324 g/mol. The average Bonchev–Trinajstić information content (AvgIpc) is 3.11. The predicted octanol–water partition coefficient (Wildman–Crippen LogP) is 1.18. The van der Waals surface area contributed by atoms with Crippen LogP contribution in [0.5, 0.6) is 11.5 Å². The highest BCUT2D eigenvalue weighted by atomic mass is 16.6. The van der Waals surface area contributed by atoms with Crippen LogP contribution in [0.2, 0.25) is 0 Å². The Labute approximate surface area is 146 Å². The Hall–Kier alpha value is -2.32. The molecule has 4 rings (SSSR count). The van der Waals surface area contributed by atoms with E-state index in [1.165, 1.54) is 0 Å². The number of benzene rings is 1. The number of ether oxygens (including phenoxy) is 3. The minimum Gasteiger partial charge on any atom is -0.486 e. The van der Waals surface area contributed by atoms with E-state index in [2.05, 4.69) is 19.9 Å². The van der Waals surface area contributed by atoms with E-state index >= 15 is 0 Å². The van der Waals surface area contributed by atoms with Gasteiger partial charge >= 0.3 is 0 Å². The first-order valence-electron chi connectivity index (χ1n) is 8.49. The van der Waals surface area contributed by atoms with Gasteiger partial charge in [-0.3, -0.25) is 4.90 Å². The summed E-state index contributed by atoms with van der Waals surface area (Å²) in [6.07, 6.45) is 0.0555. The molecule has 2 aliphatic rings. The molecule has 134 valence electrons. The molecule has 1 aromatic heterocycles. The monoisotopic (exact) mass is 346 g/mol. The van der Waals surface area contributed by atoms with Crippen LogP contribution in [-0.2, 0) is 11.3 Å². The van der Waals surface area contributed by atoms with Gasteiger partial charge in [0.05, 0.1) is 0 Å². The topological polar surface area (TPSA) is 73.1 Å². The van der Waals surface area contributed by atoms with Gasteiger partial charge in [-0.15, -0.1) is 0 Å². The standard InChI is InChI=1S/C17H22N4O4/c1-22-12-16-18-17(19-25-16)21-8-6-20(7-9-21)10-13-11-23-14-4-2-3-5-15(14)24-13/h2-5,13H,6-12H2,1H3/t13-/m0/s1. The van der Waals surface area contributed by atoms with Gasteiger partial charge in [0.25, 0.3) is 11.8 Å². The number of hydrogen-bond acceptors (Lipinski definition) is 8. The molecule has 0 N–H and O–H groups in total. The zero-order valence-electron chi connectivity index (χ0n) is 14.3. The predicted molar refractivity (Wildman–Crippen MR) is 90.0 cm³/mol. The second kappa shape index (κ2) is 7.28. The molecule has 0 saturated carbocycles. The van der Waals surface area contributed by atoms with Gasteiger partial charge in [-0.1, -0.05) is 12.1 Å². The molecule has 25 heavy (non-hydrogen) atoms. The van der Waals surface area contributed by atoms with Crippen LogP contribution < -0.4 is 14.4 Å².